The van der Waals surface area contributed by atoms with E-state index in [9.17, 15) is 0 Å². The number of rotatable bonds is 4. The van der Waals surface area contributed by atoms with Crippen LogP contribution in [0.3, 0.4) is 0 Å². The van der Waals surface area contributed by atoms with Gasteiger partial charge < -0.3 is 5.32 Å². The van der Waals surface area contributed by atoms with Crippen LogP contribution in [-0.4, -0.2) is 34.6 Å². The highest BCUT2D eigenvalue weighted by molar-refractivity contribution is 7.09. The van der Waals surface area contributed by atoms with Crippen molar-refractivity contribution in [2.24, 2.45) is 5.92 Å². The molecule has 0 aromatic carbocycles. The smallest absolute Gasteiger partial charge is 0.0897 e. The van der Waals surface area contributed by atoms with Crippen LogP contribution in [0.15, 0.2) is 5.38 Å². The van der Waals surface area contributed by atoms with Gasteiger partial charge in [-0.1, -0.05) is 6.92 Å². The Bertz CT molecular complexity index is 440. The van der Waals surface area contributed by atoms with E-state index in [0.717, 1.165) is 19.0 Å². The topological polar surface area (TPSA) is 28.2 Å². The third-order valence-electron chi connectivity index (χ3n) is 4.88. The van der Waals surface area contributed by atoms with E-state index in [1.54, 1.807) is 11.3 Å². The van der Waals surface area contributed by atoms with E-state index in [1.807, 2.05) is 0 Å². The van der Waals surface area contributed by atoms with E-state index in [4.69, 9.17) is 0 Å². The fourth-order valence-corrected chi connectivity index (χ4v) is 3.91. The lowest BCUT2D eigenvalue weighted by Crippen LogP contribution is -2.63. The Kier molecular flexibility index (Phi) is 3.67. The Morgan fingerprint density at radius 2 is 2.32 bits per heavy atom. The SMILES string of the molecule is CCC1CN(Cc2csc(C)n2)C(C)(C2CC2)CN1. The lowest BCUT2D eigenvalue weighted by atomic mass is 9.89. The molecule has 2 atom stereocenters. The van der Waals surface area contributed by atoms with Crippen molar-refractivity contribution in [3.05, 3.63) is 16.1 Å². The first-order chi connectivity index (χ1) is 9.11. The summed E-state index contributed by atoms with van der Waals surface area (Å²) in [6, 6.07) is 0.645. The lowest BCUT2D eigenvalue weighted by Gasteiger charge is -2.48. The summed E-state index contributed by atoms with van der Waals surface area (Å²) in [5.74, 6) is 0.887. The van der Waals surface area contributed by atoms with Crippen molar-refractivity contribution in [2.75, 3.05) is 13.1 Å². The number of hydrogen-bond acceptors (Lipinski definition) is 4. The quantitative estimate of drug-likeness (QED) is 0.918. The molecule has 106 valence electrons. The fraction of sp³-hybridized carbons (Fsp3) is 0.800. The van der Waals surface area contributed by atoms with Crippen LogP contribution in [0, 0.1) is 12.8 Å². The molecule has 3 nitrogen and oxygen atoms in total. The molecule has 1 aliphatic heterocycles. The number of nitrogens with zero attached hydrogens (tertiary/aromatic N) is 2. The van der Waals surface area contributed by atoms with Gasteiger partial charge in [0.25, 0.3) is 0 Å². The lowest BCUT2D eigenvalue weighted by molar-refractivity contribution is 0.0262. The maximum absolute atomic E-state index is 4.66. The predicted molar refractivity (Wildman–Crippen MR) is 80.5 cm³/mol. The summed E-state index contributed by atoms with van der Waals surface area (Å²) in [7, 11) is 0. The number of hydrogen-bond donors (Lipinski definition) is 1. The van der Waals surface area contributed by atoms with Gasteiger partial charge in [0, 0.05) is 36.6 Å². The van der Waals surface area contributed by atoms with Crippen LogP contribution in [0.4, 0.5) is 0 Å². The van der Waals surface area contributed by atoms with Gasteiger partial charge in [0.2, 0.25) is 0 Å². The molecule has 0 spiro atoms. The van der Waals surface area contributed by atoms with Crippen molar-refractivity contribution in [1.82, 2.24) is 15.2 Å². The molecule has 2 heterocycles. The molecular formula is C15H25N3S. The van der Waals surface area contributed by atoms with Gasteiger partial charge in [0.1, 0.15) is 0 Å². The summed E-state index contributed by atoms with van der Waals surface area (Å²) in [6.07, 6.45) is 4.02. The van der Waals surface area contributed by atoms with E-state index in [0.29, 0.717) is 11.6 Å². The number of nitrogens with one attached hydrogen (secondary N) is 1. The summed E-state index contributed by atoms with van der Waals surface area (Å²) in [4.78, 5) is 7.36. The molecule has 19 heavy (non-hydrogen) atoms. The van der Waals surface area contributed by atoms with Gasteiger partial charge >= 0.3 is 0 Å². The minimum Gasteiger partial charge on any atom is -0.311 e. The van der Waals surface area contributed by atoms with E-state index in [-0.39, 0.29) is 0 Å². The summed E-state index contributed by atoms with van der Waals surface area (Å²) in [5, 5.41) is 7.16. The number of thiazole rings is 1. The fourth-order valence-electron chi connectivity index (χ4n) is 3.30. The van der Waals surface area contributed by atoms with Crippen LogP contribution < -0.4 is 5.32 Å². The molecular weight excluding hydrogens is 254 g/mol. The number of aryl methyl sites for hydroxylation is 1. The summed E-state index contributed by atoms with van der Waals surface area (Å²) < 4.78 is 0. The second kappa shape index (κ2) is 5.15. The number of aromatic nitrogens is 1. The third-order valence-corrected chi connectivity index (χ3v) is 5.70. The molecule has 2 aliphatic rings. The first kappa shape index (κ1) is 13.5. The predicted octanol–water partition coefficient (Wildman–Crippen LogP) is 2.80. The minimum atomic E-state index is 0.336. The minimum absolute atomic E-state index is 0.336. The van der Waals surface area contributed by atoms with E-state index in [2.05, 4.69) is 41.4 Å². The summed E-state index contributed by atoms with van der Waals surface area (Å²) in [5.41, 5.74) is 1.59. The monoisotopic (exact) mass is 279 g/mol. The number of piperazine rings is 1. The third kappa shape index (κ3) is 2.71. The van der Waals surface area contributed by atoms with Crippen LogP contribution in [0.25, 0.3) is 0 Å². The molecule has 1 aromatic rings. The molecule has 2 fully saturated rings. The van der Waals surface area contributed by atoms with Gasteiger partial charge in [-0.3, -0.25) is 4.90 Å². The first-order valence-corrected chi connectivity index (χ1v) is 8.39. The van der Waals surface area contributed by atoms with Gasteiger partial charge in [-0.25, -0.2) is 4.98 Å². The molecule has 2 unspecified atom stereocenters. The van der Waals surface area contributed by atoms with E-state index < -0.39 is 0 Å². The highest BCUT2D eigenvalue weighted by atomic mass is 32.1. The van der Waals surface area contributed by atoms with Crippen LogP contribution >= 0.6 is 11.3 Å². The second-order valence-electron chi connectivity index (χ2n) is 6.36. The largest absolute Gasteiger partial charge is 0.311 e. The van der Waals surface area contributed by atoms with Crippen LogP contribution in [0.5, 0.6) is 0 Å². The molecule has 1 aromatic heterocycles. The highest BCUT2D eigenvalue weighted by Gasteiger charge is 2.48. The van der Waals surface area contributed by atoms with Crippen molar-refractivity contribution in [1.29, 1.82) is 0 Å². The van der Waals surface area contributed by atoms with Gasteiger partial charge in [-0.05, 0) is 39.0 Å². The zero-order valence-corrected chi connectivity index (χ0v) is 13.1. The molecule has 1 saturated heterocycles. The second-order valence-corrected chi connectivity index (χ2v) is 7.42. The van der Waals surface area contributed by atoms with Crippen LogP contribution in [0.2, 0.25) is 0 Å². The molecule has 1 saturated carbocycles. The van der Waals surface area contributed by atoms with Crippen LogP contribution in [-0.2, 0) is 6.54 Å². The van der Waals surface area contributed by atoms with Gasteiger partial charge in [-0.15, -0.1) is 11.3 Å². The van der Waals surface area contributed by atoms with Gasteiger partial charge in [0.15, 0.2) is 0 Å². The first-order valence-electron chi connectivity index (χ1n) is 7.51. The van der Waals surface area contributed by atoms with Crippen molar-refractivity contribution < 1.29 is 0 Å². The maximum Gasteiger partial charge on any atom is 0.0897 e. The molecule has 1 aliphatic carbocycles. The zero-order chi connectivity index (χ0) is 13.5. The summed E-state index contributed by atoms with van der Waals surface area (Å²) >= 11 is 1.77. The van der Waals surface area contributed by atoms with Crippen molar-refractivity contribution in [3.63, 3.8) is 0 Å². The van der Waals surface area contributed by atoms with Crippen molar-refractivity contribution in [2.45, 2.75) is 58.2 Å². The van der Waals surface area contributed by atoms with Crippen molar-refractivity contribution >= 4 is 11.3 Å². The Labute approximate surface area is 120 Å². The average molecular weight is 279 g/mol. The van der Waals surface area contributed by atoms with Crippen LogP contribution in [0.1, 0.15) is 43.8 Å². The van der Waals surface area contributed by atoms with Gasteiger partial charge in [-0.2, -0.15) is 0 Å². The molecule has 4 heteroatoms. The Morgan fingerprint density at radius 1 is 1.53 bits per heavy atom. The normalized spacial score (nSPS) is 32.7. The van der Waals surface area contributed by atoms with E-state index in [1.165, 1.54) is 36.5 Å². The Hall–Kier alpha value is -0.450. The molecule has 3 rings (SSSR count). The molecule has 0 radical (unpaired) electrons. The maximum atomic E-state index is 4.66. The van der Waals surface area contributed by atoms with Crippen molar-refractivity contribution in [3.8, 4) is 0 Å². The molecule has 1 N–H and O–H groups in total. The molecule has 0 amide bonds. The highest BCUT2D eigenvalue weighted by Crippen LogP contribution is 2.44. The standard InChI is InChI=1S/C15H25N3S/c1-4-13-7-18(8-14-9-19-11(2)17-14)15(3,10-16-13)12-5-6-12/h9,12-13,16H,4-8,10H2,1-3H3. The zero-order valence-electron chi connectivity index (χ0n) is 12.3. The molecule has 0 bridgehead atoms. The van der Waals surface area contributed by atoms with E-state index >= 15 is 0 Å². The van der Waals surface area contributed by atoms with Gasteiger partial charge in [0.05, 0.1) is 10.7 Å². The Balaban J connectivity index is 1.76. The Morgan fingerprint density at radius 3 is 2.89 bits per heavy atom. The average Bonchev–Trinajstić information content (AvgIpc) is 3.17. The summed E-state index contributed by atoms with van der Waals surface area (Å²) in [6.45, 7) is 10.2.